The zero-order valence-corrected chi connectivity index (χ0v) is 15.7. The minimum atomic E-state index is 0.870. The molecule has 0 bridgehead atoms. The second kappa shape index (κ2) is 7.18. The number of benzene rings is 1. The minimum Gasteiger partial charge on any atom is -0.342 e. The summed E-state index contributed by atoms with van der Waals surface area (Å²) in [5.74, 6) is 0.873. The van der Waals surface area contributed by atoms with E-state index in [0.29, 0.717) is 0 Å². The van der Waals surface area contributed by atoms with Gasteiger partial charge in [0.25, 0.3) is 0 Å². The lowest BCUT2D eigenvalue weighted by Crippen LogP contribution is -2.13. The van der Waals surface area contributed by atoms with Crippen LogP contribution in [-0.2, 0) is 13.1 Å². The Morgan fingerprint density at radius 1 is 1.00 bits per heavy atom. The van der Waals surface area contributed by atoms with Gasteiger partial charge in [0.05, 0.1) is 6.54 Å². The van der Waals surface area contributed by atoms with Gasteiger partial charge in [0.15, 0.2) is 0 Å². The molecule has 0 N–H and O–H groups in total. The molecule has 1 aliphatic carbocycles. The van der Waals surface area contributed by atoms with Crippen LogP contribution in [-0.4, -0.2) is 19.1 Å². The van der Waals surface area contributed by atoms with Crippen LogP contribution >= 0.6 is 0 Å². The minimum absolute atomic E-state index is 0.870. The first-order valence-corrected chi connectivity index (χ1v) is 10.2. The van der Waals surface area contributed by atoms with E-state index in [4.69, 9.17) is 0 Å². The maximum atomic E-state index is 4.60. The van der Waals surface area contributed by atoms with E-state index in [1.165, 1.54) is 55.1 Å². The summed E-state index contributed by atoms with van der Waals surface area (Å²) < 4.78 is 4.77. The van der Waals surface area contributed by atoms with Gasteiger partial charge in [-0.15, -0.1) is 0 Å². The molecular formula is C23H26N4. The zero-order chi connectivity index (χ0) is 18.1. The molecule has 1 fully saturated rings. The fraction of sp³-hybridized carbons (Fsp3) is 0.391. The monoisotopic (exact) mass is 358 g/mol. The lowest BCUT2D eigenvalue weighted by Gasteiger charge is -2.22. The van der Waals surface area contributed by atoms with Crippen molar-refractivity contribution in [3.63, 3.8) is 0 Å². The van der Waals surface area contributed by atoms with Crippen molar-refractivity contribution < 1.29 is 0 Å². The number of aryl methyl sites for hydroxylation is 1. The molecule has 27 heavy (non-hydrogen) atoms. The van der Waals surface area contributed by atoms with Crippen LogP contribution in [0.5, 0.6) is 0 Å². The number of aromatic nitrogens is 4. The molecular weight excluding hydrogens is 332 g/mol. The van der Waals surface area contributed by atoms with E-state index >= 15 is 0 Å². The summed E-state index contributed by atoms with van der Waals surface area (Å²) in [6, 6.07) is 13.1. The molecule has 1 saturated carbocycles. The van der Waals surface area contributed by atoms with Crippen molar-refractivity contribution in [1.82, 2.24) is 19.1 Å². The molecule has 5 rings (SSSR count). The Bertz CT molecular complexity index is 1050. The predicted molar refractivity (Wildman–Crippen MR) is 110 cm³/mol. The molecule has 0 atom stereocenters. The van der Waals surface area contributed by atoms with Gasteiger partial charge < -0.3 is 9.13 Å². The van der Waals surface area contributed by atoms with E-state index in [-0.39, 0.29) is 0 Å². The van der Waals surface area contributed by atoms with Crippen molar-refractivity contribution in [2.75, 3.05) is 0 Å². The molecule has 3 heterocycles. The third-order valence-corrected chi connectivity index (χ3v) is 6.14. The molecule has 0 amide bonds. The van der Waals surface area contributed by atoms with Crippen LogP contribution in [0.25, 0.3) is 21.9 Å². The SMILES string of the molecule is c1ccc2c(c1)ccn2Cc1cc2cncnc2n1CCC1CCCCC1. The number of hydrogen-bond acceptors (Lipinski definition) is 2. The number of fused-ring (bicyclic) bond motifs is 2. The fourth-order valence-corrected chi connectivity index (χ4v) is 4.68. The van der Waals surface area contributed by atoms with Gasteiger partial charge in [0, 0.05) is 35.5 Å². The van der Waals surface area contributed by atoms with Gasteiger partial charge in [-0.05, 0) is 35.9 Å². The Morgan fingerprint density at radius 2 is 1.89 bits per heavy atom. The normalized spacial score (nSPS) is 15.7. The highest BCUT2D eigenvalue weighted by molar-refractivity contribution is 5.80. The van der Waals surface area contributed by atoms with Crippen LogP contribution in [0, 0.1) is 5.92 Å². The van der Waals surface area contributed by atoms with Gasteiger partial charge in [0.2, 0.25) is 0 Å². The van der Waals surface area contributed by atoms with Crippen molar-refractivity contribution in [3.05, 3.63) is 60.8 Å². The standard InChI is InChI=1S/C23H26N4/c1-2-6-18(7-3-1)10-13-27-21(14-20-15-24-17-25-23(20)27)16-26-12-11-19-8-4-5-9-22(19)26/h4-5,8-9,11-12,14-15,17-18H,1-3,6-7,10,13,16H2. The Kier molecular flexibility index (Phi) is 4.40. The van der Waals surface area contributed by atoms with E-state index in [0.717, 1.165) is 30.0 Å². The Hall–Kier alpha value is -2.62. The van der Waals surface area contributed by atoms with Gasteiger partial charge in [-0.3, -0.25) is 0 Å². The molecule has 0 saturated heterocycles. The van der Waals surface area contributed by atoms with E-state index in [1.54, 1.807) is 6.33 Å². The molecule has 4 aromatic rings. The summed E-state index contributed by atoms with van der Waals surface area (Å²) in [4.78, 5) is 8.83. The summed E-state index contributed by atoms with van der Waals surface area (Å²) in [5.41, 5.74) is 3.68. The maximum Gasteiger partial charge on any atom is 0.143 e. The van der Waals surface area contributed by atoms with Crippen molar-refractivity contribution in [2.45, 2.75) is 51.6 Å². The van der Waals surface area contributed by atoms with Gasteiger partial charge >= 0.3 is 0 Å². The summed E-state index contributed by atoms with van der Waals surface area (Å²) in [6.07, 6.45) is 14.1. The van der Waals surface area contributed by atoms with E-state index in [1.807, 2.05) is 6.20 Å². The first kappa shape index (κ1) is 16.5. The second-order valence-corrected chi connectivity index (χ2v) is 7.88. The molecule has 0 spiro atoms. The van der Waals surface area contributed by atoms with Crippen LogP contribution < -0.4 is 0 Å². The van der Waals surface area contributed by atoms with Crippen LogP contribution in [0.3, 0.4) is 0 Å². The second-order valence-electron chi connectivity index (χ2n) is 7.88. The lowest BCUT2D eigenvalue weighted by atomic mass is 9.87. The van der Waals surface area contributed by atoms with Crippen LogP contribution in [0.1, 0.15) is 44.2 Å². The van der Waals surface area contributed by atoms with Crippen molar-refractivity contribution in [3.8, 4) is 0 Å². The molecule has 138 valence electrons. The van der Waals surface area contributed by atoms with Crippen LogP contribution in [0.4, 0.5) is 0 Å². The van der Waals surface area contributed by atoms with Crippen molar-refractivity contribution in [2.24, 2.45) is 5.92 Å². The summed E-state index contributed by atoms with van der Waals surface area (Å²) in [6.45, 7) is 1.92. The lowest BCUT2D eigenvalue weighted by molar-refractivity contribution is 0.324. The predicted octanol–water partition coefficient (Wildman–Crippen LogP) is 5.40. The average molecular weight is 358 g/mol. The van der Waals surface area contributed by atoms with Crippen LogP contribution in [0.15, 0.2) is 55.1 Å². The van der Waals surface area contributed by atoms with Gasteiger partial charge in [0.1, 0.15) is 12.0 Å². The molecule has 0 radical (unpaired) electrons. The molecule has 1 aromatic carbocycles. The van der Waals surface area contributed by atoms with Gasteiger partial charge in [-0.2, -0.15) is 0 Å². The first-order chi connectivity index (χ1) is 13.4. The number of hydrogen-bond donors (Lipinski definition) is 0. The summed E-state index contributed by atoms with van der Waals surface area (Å²) in [7, 11) is 0. The fourth-order valence-electron chi connectivity index (χ4n) is 4.68. The zero-order valence-electron chi connectivity index (χ0n) is 15.7. The highest BCUT2D eigenvalue weighted by atomic mass is 15.1. The summed E-state index contributed by atoms with van der Waals surface area (Å²) >= 11 is 0. The number of para-hydroxylation sites is 1. The van der Waals surface area contributed by atoms with Gasteiger partial charge in [-0.25, -0.2) is 9.97 Å². The topological polar surface area (TPSA) is 35.6 Å². The molecule has 4 nitrogen and oxygen atoms in total. The molecule has 0 aliphatic heterocycles. The molecule has 0 unspecified atom stereocenters. The Balaban J connectivity index is 1.47. The quantitative estimate of drug-likeness (QED) is 0.478. The maximum absolute atomic E-state index is 4.60. The highest BCUT2D eigenvalue weighted by Gasteiger charge is 2.16. The Morgan fingerprint density at radius 3 is 2.81 bits per heavy atom. The third-order valence-electron chi connectivity index (χ3n) is 6.14. The van der Waals surface area contributed by atoms with E-state index in [2.05, 4.69) is 61.7 Å². The first-order valence-electron chi connectivity index (χ1n) is 10.2. The number of nitrogens with zero attached hydrogens (tertiary/aromatic N) is 4. The third kappa shape index (κ3) is 3.25. The Labute approximate surface area is 159 Å². The van der Waals surface area contributed by atoms with Crippen molar-refractivity contribution >= 4 is 21.9 Å². The van der Waals surface area contributed by atoms with Crippen LogP contribution in [0.2, 0.25) is 0 Å². The summed E-state index contributed by atoms with van der Waals surface area (Å²) in [5, 5.41) is 2.44. The largest absolute Gasteiger partial charge is 0.342 e. The molecule has 1 aliphatic rings. The smallest absolute Gasteiger partial charge is 0.143 e. The molecule has 4 heteroatoms. The average Bonchev–Trinajstić information content (AvgIpc) is 3.29. The van der Waals surface area contributed by atoms with Gasteiger partial charge in [-0.1, -0.05) is 50.3 Å². The molecule has 3 aromatic heterocycles. The van der Waals surface area contributed by atoms with Crippen molar-refractivity contribution in [1.29, 1.82) is 0 Å². The highest BCUT2D eigenvalue weighted by Crippen LogP contribution is 2.28. The number of rotatable bonds is 5. The van der Waals surface area contributed by atoms with E-state index in [9.17, 15) is 0 Å². The van der Waals surface area contributed by atoms with E-state index < -0.39 is 0 Å².